The van der Waals surface area contributed by atoms with Crippen LogP contribution in [0.15, 0.2) is 66.7 Å². The zero-order valence-electron chi connectivity index (χ0n) is 18.6. The predicted octanol–water partition coefficient (Wildman–Crippen LogP) is 5.29. The Labute approximate surface area is 189 Å². The topological polar surface area (TPSA) is 54.7 Å². The number of piperidine rings is 1. The summed E-state index contributed by atoms with van der Waals surface area (Å²) in [5.41, 5.74) is 3.91. The van der Waals surface area contributed by atoms with Gasteiger partial charge in [-0.2, -0.15) is 5.26 Å². The average molecular weight is 429 g/mol. The number of likely N-dealkylation sites (tertiary alicyclic amines) is 1. The second kappa shape index (κ2) is 10.2. The molecule has 1 saturated heterocycles. The molecule has 0 saturated carbocycles. The van der Waals surface area contributed by atoms with Crippen molar-refractivity contribution in [1.29, 1.82) is 5.26 Å². The molecule has 0 bridgehead atoms. The first-order valence-electron chi connectivity index (χ1n) is 10.9. The number of hydrogen-bond donors (Lipinski definition) is 0. The average Bonchev–Trinajstić information content (AvgIpc) is 2.85. The SMILES string of the molecule is COc1ccc(OC)c(-c2cccc(OC3CCN(Cc4cccc(C#N)c4)CC3)c2)c1. The highest BCUT2D eigenvalue weighted by Crippen LogP contribution is 2.35. The van der Waals surface area contributed by atoms with Gasteiger partial charge in [-0.1, -0.05) is 24.3 Å². The van der Waals surface area contributed by atoms with Crippen molar-refractivity contribution in [2.45, 2.75) is 25.5 Å². The highest BCUT2D eigenvalue weighted by molar-refractivity contribution is 5.73. The molecule has 0 radical (unpaired) electrons. The van der Waals surface area contributed by atoms with Gasteiger partial charge in [-0.25, -0.2) is 0 Å². The van der Waals surface area contributed by atoms with Crippen LogP contribution in [0.4, 0.5) is 0 Å². The van der Waals surface area contributed by atoms with Gasteiger partial charge < -0.3 is 14.2 Å². The molecule has 0 unspecified atom stereocenters. The fraction of sp³-hybridized carbons (Fsp3) is 0.296. The highest BCUT2D eigenvalue weighted by Gasteiger charge is 2.21. The molecule has 1 fully saturated rings. The van der Waals surface area contributed by atoms with Crippen LogP contribution in [-0.2, 0) is 6.54 Å². The minimum absolute atomic E-state index is 0.194. The van der Waals surface area contributed by atoms with Crippen LogP contribution in [0.2, 0.25) is 0 Å². The molecule has 0 aliphatic carbocycles. The van der Waals surface area contributed by atoms with E-state index in [0.29, 0.717) is 5.56 Å². The minimum Gasteiger partial charge on any atom is -0.497 e. The molecule has 0 aromatic heterocycles. The summed E-state index contributed by atoms with van der Waals surface area (Å²) < 4.78 is 17.3. The Bertz CT molecular complexity index is 1100. The van der Waals surface area contributed by atoms with Gasteiger partial charge in [-0.05, 0) is 66.4 Å². The lowest BCUT2D eigenvalue weighted by Crippen LogP contribution is -2.37. The zero-order valence-corrected chi connectivity index (χ0v) is 18.6. The first kappa shape index (κ1) is 21.7. The largest absolute Gasteiger partial charge is 0.497 e. The number of rotatable bonds is 7. The monoisotopic (exact) mass is 428 g/mol. The number of nitriles is 1. The van der Waals surface area contributed by atoms with Crippen molar-refractivity contribution in [2.75, 3.05) is 27.3 Å². The van der Waals surface area contributed by atoms with Crippen molar-refractivity contribution in [3.05, 3.63) is 77.9 Å². The summed E-state index contributed by atoms with van der Waals surface area (Å²) in [5, 5.41) is 9.10. The predicted molar refractivity (Wildman–Crippen MR) is 125 cm³/mol. The van der Waals surface area contributed by atoms with Gasteiger partial charge in [-0.3, -0.25) is 4.90 Å². The van der Waals surface area contributed by atoms with Crippen molar-refractivity contribution in [3.8, 4) is 34.4 Å². The Balaban J connectivity index is 1.38. The molecule has 0 N–H and O–H groups in total. The molecule has 0 amide bonds. The second-order valence-electron chi connectivity index (χ2n) is 8.00. The molecule has 3 aromatic carbocycles. The van der Waals surface area contributed by atoms with Gasteiger partial charge in [0.05, 0.1) is 25.9 Å². The van der Waals surface area contributed by atoms with Crippen LogP contribution in [-0.4, -0.2) is 38.3 Å². The number of nitrogens with zero attached hydrogens (tertiary/aromatic N) is 2. The number of ether oxygens (including phenoxy) is 3. The maximum absolute atomic E-state index is 9.10. The number of methoxy groups -OCH3 is 2. The molecule has 32 heavy (non-hydrogen) atoms. The molecule has 1 aliphatic rings. The molecule has 1 heterocycles. The summed E-state index contributed by atoms with van der Waals surface area (Å²) >= 11 is 0. The lowest BCUT2D eigenvalue weighted by Gasteiger charge is -2.32. The van der Waals surface area contributed by atoms with E-state index in [1.165, 1.54) is 5.56 Å². The van der Waals surface area contributed by atoms with Crippen LogP contribution in [0.3, 0.4) is 0 Å². The zero-order chi connectivity index (χ0) is 22.3. The van der Waals surface area contributed by atoms with Gasteiger partial charge >= 0.3 is 0 Å². The highest BCUT2D eigenvalue weighted by atomic mass is 16.5. The summed E-state index contributed by atoms with van der Waals surface area (Å²) in [6.07, 6.45) is 2.15. The molecule has 5 nitrogen and oxygen atoms in total. The van der Waals surface area contributed by atoms with E-state index in [-0.39, 0.29) is 6.10 Å². The van der Waals surface area contributed by atoms with Gasteiger partial charge in [0.15, 0.2) is 0 Å². The molecular weight excluding hydrogens is 400 g/mol. The summed E-state index contributed by atoms with van der Waals surface area (Å²) in [4.78, 5) is 2.42. The van der Waals surface area contributed by atoms with E-state index in [0.717, 1.165) is 60.9 Å². The minimum atomic E-state index is 0.194. The standard InChI is InChI=1S/C27H28N2O3/c1-30-24-9-10-27(31-2)26(17-24)22-7-4-8-25(16-22)32-23-11-13-29(14-12-23)19-21-6-3-5-20(15-21)18-28/h3-10,15-17,23H,11-14,19H2,1-2H3. The second-order valence-corrected chi connectivity index (χ2v) is 8.00. The van der Waals surface area contributed by atoms with E-state index in [2.05, 4.69) is 29.2 Å². The van der Waals surface area contributed by atoms with Crippen molar-refractivity contribution in [3.63, 3.8) is 0 Å². The van der Waals surface area contributed by atoms with E-state index >= 15 is 0 Å². The van der Waals surface area contributed by atoms with Crippen molar-refractivity contribution >= 4 is 0 Å². The normalized spacial score (nSPS) is 14.5. The molecule has 3 aromatic rings. The Kier molecular flexibility index (Phi) is 6.94. The van der Waals surface area contributed by atoms with Gasteiger partial charge in [0.25, 0.3) is 0 Å². The number of hydrogen-bond acceptors (Lipinski definition) is 5. The third-order valence-corrected chi connectivity index (χ3v) is 5.85. The third kappa shape index (κ3) is 5.22. The van der Waals surface area contributed by atoms with E-state index < -0.39 is 0 Å². The van der Waals surface area contributed by atoms with Crippen molar-refractivity contribution in [2.24, 2.45) is 0 Å². The van der Waals surface area contributed by atoms with Crippen LogP contribution in [0.5, 0.6) is 17.2 Å². The van der Waals surface area contributed by atoms with Gasteiger partial charge in [0.2, 0.25) is 0 Å². The van der Waals surface area contributed by atoms with Gasteiger partial charge in [-0.15, -0.1) is 0 Å². The fourth-order valence-corrected chi connectivity index (χ4v) is 4.15. The first-order chi connectivity index (χ1) is 15.7. The Morgan fingerprint density at radius 2 is 1.72 bits per heavy atom. The van der Waals surface area contributed by atoms with Crippen LogP contribution < -0.4 is 14.2 Å². The van der Waals surface area contributed by atoms with Gasteiger partial charge in [0, 0.05) is 25.2 Å². The lowest BCUT2D eigenvalue weighted by atomic mass is 10.0. The van der Waals surface area contributed by atoms with Gasteiger partial charge in [0.1, 0.15) is 23.4 Å². The van der Waals surface area contributed by atoms with E-state index in [1.807, 2.05) is 48.5 Å². The smallest absolute Gasteiger partial charge is 0.126 e. The number of benzene rings is 3. The maximum atomic E-state index is 9.10. The Morgan fingerprint density at radius 3 is 2.47 bits per heavy atom. The van der Waals surface area contributed by atoms with E-state index in [1.54, 1.807) is 14.2 Å². The van der Waals surface area contributed by atoms with Crippen LogP contribution in [0, 0.1) is 11.3 Å². The lowest BCUT2D eigenvalue weighted by molar-refractivity contribution is 0.0968. The van der Waals surface area contributed by atoms with E-state index in [4.69, 9.17) is 19.5 Å². The van der Waals surface area contributed by atoms with Crippen LogP contribution in [0.1, 0.15) is 24.0 Å². The molecule has 1 aliphatic heterocycles. The summed E-state index contributed by atoms with van der Waals surface area (Å²) in [5.74, 6) is 2.46. The molecule has 4 rings (SSSR count). The van der Waals surface area contributed by atoms with Crippen LogP contribution >= 0.6 is 0 Å². The molecular formula is C27H28N2O3. The summed E-state index contributed by atoms with van der Waals surface area (Å²) in [6.45, 7) is 2.82. The summed E-state index contributed by atoms with van der Waals surface area (Å²) in [6, 6.07) is 24.0. The molecule has 5 heteroatoms. The summed E-state index contributed by atoms with van der Waals surface area (Å²) in [7, 11) is 3.34. The molecule has 0 atom stereocenters. The Morgan fingerprint density at radius 1 is 0.906 bits per heavy atom. The maximum Gasteiger partial charge on any atom is 0.126 e. The Hall–Kier alpha value is -3.49. The fourth-order valence-electron chi connectivity index (χ4n) is 4.15. The quantitative estimate of drug-likeness (QED) is 0.512. The van der Waals surface area contributed by atoms with Crippen LogP contribution in [0.25, 0.3) is 11.1 Å². The third-order valence-electron chi connectivity index (χ3n) is 5.85. The van der Waals surface area contributed by atoms with Crippen molar-refractivity contribution in [1.82, 2.24) is 4.90 Å². The van der Waals surface area contributed by atoms with Crippen molar-refractivity contribution < 1.29 is 14.2 Å². The van der Waals surface area contributed by atoms with E-state index in [9.17, 15) is 0 Å². The molecule has 164 valence electrons. The molecule has 0 spiro atoms. The first-order valence-corrected chi connectivity index (χ1v) is 10.9.